The Morgan fingerprint density at radius 2 is 1.00 bits per heavy atom. The van der Waals surface area contributed by atoms with Gasteiger partial charge in [0.1, 0.15) is 11.5 Å². The Morgan fingerprint density at radius 1 is 0.618 bits per heavy atom. The van der Waals surface area contributed by atoms with Gasteiger partial charge in [-0.05, 0) is 112 Å². The van der Waals surface area contributed by atoms with Gasteiger partial charge in [-0.2, -0.15) is 0 Å². The minimum atomic E-state index is -0.738. The number of allylic oxidation sites excluding steroid dienone is 4. The summed E-state index contributed by atoms with van der Waals surface area (Å²) in [5.74, 6) is 1.31. The number of halogens is 1. The minimum Gasteiger partial charge on any atom is -0.511 e. The second-order valence-corrected chi connectivity index (χ2v) is 15.3. The Balaban J connectivity index is 0.000000216. The number of benzene rings is 2. The molecule has 4 aliphatic rings. The van der Waals surface area contributed by atoms with Gasteiger partial charge in [-0.3, -0.25) is 9.59 Å². The smallest absolute Gasteiger partial charge is 0.511 e. The highest BCUT2D eigenvalue weighted by Crippen LogP contribution is 2.49. The number of aliphatic hydroxyl groups excluding tert-OH is 1. The highest BCUT2D eigenvalue weighted by atomic mass is 35.5. The van der Waals surface area contributed by atoms with Gasteiger partial charge >= 0.3 is 11.6 Å². The molecule has 0 spiro atoms. The standard InChI is InChI=1S/C23H30O4.C20H26O2.C3H5ClO2/c1-5-15-12-14(4)13-16(6-2)19(15)20-21(24)17-10-8-9-11-18(17)22(20)27-23(25)26-7-3;1-4-13-10-12(3)11-14(5-2)17(13)18-19(21)15-8-6-7-9-16(15)20(18)22;1-2-6-3(4)5/h12-13,17-18H,5-11H2,1-4H3;10-11,15-16,21H,4-9H2,1-3H3;2H2,1H3. The quantitative estimate of drug-likeness (QED) is 0.198. The molecule has 0 heterocycles. The molecule has 8 nitrogen and oxygen atoms in total. The first-order valence-electron chi connectivity index (χ1n) is 20.5. The summed E-state index contributed by atoms with van der Waals surface area (Å²) in [7, 11) is 0. The molecule has 0 amide bonds. The summed E-state index contributed by atoms with van der Waals surface area (Å²) in [4.78, 5) is 48.1. The molecule has 0 aromatic heterocycles. The van der Waals surface area contributed by atoms with Gasteiger partial charge in [0.05, 0.1) is 24.4 Å². The Labute approximate surface area is 333 Å². The Morgan fingerprint density at radius 3 is 1.38 bits per heavy atom. The van der Waals surface area contributed by atoms with Crippen LogP contribution >= 0.6 is 11.6 Å². The zero-order valence-electron chi connectivity index (χ0n) is 34.2. The topological polar surface area (TPSA) is 116 Å². The summed E-state index contributed by atoms with van der Waals surface area (Å²) in [6.07, 6.45) is 10.8. The lowest BCUT2D eigenvalue weighted by Crippen LogP contribution is -2.23. The molecule has 0 saturated heterocycles. The zero-order chi connectivity index (χ0) is 40.4. The normalized spacial score (nSPS) is 21.5. The van der Waals surface area contributed by atoms with E-state index in [1.165, 1.54) is 22.3 Å². The molecule has 2 saturated carbocycles. The highest BCUT2D eigenvalue weighted by Gasteiger charge is 2.47. The van der Waals surface area contributed by atoms with Crippen molar-refractivity contribution in [3.63, 3.8) is 0 Å². The van der Waals surface area contributed by atoms with Crippen LogP contribution < -0.4 is 0 Å². The fourth-order valence-electron chi connectivity index (χ4n) is 9.14. The van der Waals surface area contributed by atoms with E-state index in [9.17, 15) is 24.3 Å². The van der Waals surface area contributed by atoms with Gasteiger partial charge in [-0.1, -0.05) is 88.8 Å². The van der Waals surface area contributed by atoms with E-state index in [-0.39, 0.29) is 41.8 Å². The molecule has 4 unspecified atom stereocenters. The predicted molar refractivity (Wildman–Crippen MR) is 218 cm³/mol. The Bertz CT molecular complexity index is 1750. The summed E-state index contributed by atoms with van der Waals surface area (Å²) in [6.45, 7) is 16.7. The highest BCUT2D eigenvalue weighted by molar-refractivity contribution is 6.61. The van der Waals surface area contributed by atoms with Crippen molar-refractivity contribution in [3.05, 3.63) is 80.3 Å². The average Bonchev–Trinajstić information content (AvgIpc) is 3.59. The van der Waals surface area contributed by atoms with E-state index in [2.05, 4.69) is 70.5 Å². The number of carbonyl (C=O) groups excluding carboxylic acids is 4. The SMILES string of the molecule is CCOC(=O)Cl.CCOC(=O)OC1=C(c2c(CC)cc(C)cc2CC)C(=O)C2CCCCC12.CCc1cc(C)cc(CC)c1C1=C(O)C2CCCCC2C1=O. The van der Waals surface area contributed by atoms with E-state index in [4.69, 9.17) is 21.1 Å². The molecule has 4 aliphatic carbocycles. The third kappa shape index (κ3) is 9.91. The third-order valence-electron chi connectivity index (χ3n) is 11.5. The fourth-order valence-corrected chi connectivity index (χ4v) is 9.25. The second-order valence-electron chi connectivity index (χ2n) is 15.0. The number of Topliss-reactive ketones (excluding diaryl/α,β-unsaturated/α-hetero) is 2. The molecule has 2 aromatic rings. The monoisotopic (exact) mass is 776 g/mol. The number of rotatable bonds is 9. The lowest BCUT2D eigenvalue weighted by molar-refractivity contribution is -0.119. The summed E-state index contributed by atoms with van der Waals surface area (Å²) in [5.41, 5.74) is 9.70. The number of ketones is 2. The van der Waals surface area contributed by atoms with Gasteiger partial charge in [0.2, 0.25) is 0 Å². The summed E-state index contributed by atoms with van der Waals surface area (Å²) >= 11 is 4.72. The van der Waals surface area contributed by atoms with E-state index in [0.717, 1.165) is 99.3 Å². The maximum absolute atomic E-state index is 13.4. The number of hydrogen-bond donors (Lipinski definition) is 1. The van der Waals surface area contributed by atoms with Crippen LogP contribution in [0.25, 0.3) is 11.1 Å². The molecule has 0 bridgehead atoms. The molecule has 2 aromatic carbocycles. The van der Waals surface area contributed by atoms with Crippen molar-refractivity contribution >= 4 is 45.9 Å². The van der Waals surface area contributed by atoms with Crippen molar-refractivity contribution in [2.75, 3.05) is 13.2 Å². The molecule has 6 rings (SSSR count). The van der Waals surface area contributed by atoms with Crippen LogP contribution in [0.1, 0.15) is 137 Å². The minimum absolute atomic E-state index is 0.00127. The lowest BCUT2D eigenvalue weighted by atomic mass is 9.80. The van der Waals surface area contributed by atoms with E-state index >= 15 is 0 Å². The number of fused-ring (bicyclic) bond motifs is 2. The zero-order valence-corrected chi connectivity index (χ0v) is 35.0. The summed E-state index contributed by atoms with van der Waals surface area (Å²) in [6, 6.07) is 8.64. The lowest BCUT2D eigenvalue weighted by Gasteiger charge is -2.25. The molecule has 2 fully saturated rings. The summed E-state index contributed by atoms with van der Waals surface area (Å²) < 4.78 is 14.9. The summed E-state index contributed by atoms with van der Waals surface area (Å²) in [5, 5.41) is 10.8. The van der Waals surface area contributed by atoms with Gasteiger partial charge < -0.3 is 19.3 Å². The van der Waals surface area contributed by atoms with Crippen molar-refractivity contribution in [2.45, 2.75) is 132 Å². The van der Waals surface area contributed by atoms with Gasteiger partial charge in [0.15, 0.2) is 11.6 Å². The second kappa shape index (κ2) is 20.3. The molecule has 300 valence electrons. The van der Waals surface area contributed by atoms with E-state index in [1.54, 1.807) is 13.8 Å². The van der Waals surface area contributed by atoms with E-state index < -0.39 is 11.6 Å². The third-order valence-corrected chi connectivity index (χ3v) is 11.6. The van der Waals surface area contributed by atoms with Gasteiger partial charge in [-0.25, -0.2) is 9.59 Å². The van der Waals surface area contributed by atoms with Gasteiger partial charge in [0, 0.05) is 35.3 Å². The van der Waals surface area contributed by atoms with E-state index in [0.29, 0.717) is 29.3 Å². The first-order valence-corrected chi connectivity index (χ1v) is 20.9. The van der Waals surface area contributed by atoms with Crippen LogP contribution in [0.4, 0.5) is 9.59 Å². The molecule has 0 aliphatic heterocycles. The molecular formula is C46H61ClO8. The molecule has 4 atom stereocenters. The largest absolute Gasteiger partial charge is 0.513 e. The van der Waals surface area contributed by atoms with Crippen LogP contribution in [-0.2, 0) is 49.5 Å². The molecule has 55 heavy (non-hydrogen) atoms. The number of ether oxygens (including phenoxy) is 3. The van der Waals surface area contributed by atoms with Crippen molar-refractivity contribution in [1.82, 2.24) is 0 Å². The van der Waals surface area contributed by atoms with E-state index in [1.807, 2.05) is 0 Å². The van der Waals surface area contributed by atoms with Crippen LogP contribution in [0.5, 0.6) is 0 Å². The van der Waals surface area contributed by atoms with Crippen molar-refractivity contribution in [1.29, 1.82) is 0 Å². The van der Waals surface area contributed by atoms with Crippen LogP contribution in [0, 0.1) is 37.5 Å². The maximum Gasteiger partial charge on any atom is 0.513 e. The number of hydrogen-bond acceptors (Lipinski definition) is 8. The molecule has 1 N–H and O–H groups in total. The maximum atomic E-state index is 13.4. The van der Waals surface area contributed by atoms with Crippen LogP contribution in [0.3, 0.4) is 0 Å². The first-order chi connectivity index (χ1) is 26.4. The van der Waals surface area contributed by atoms with Crippen LogP contribution in [0.2, 0.25) is 0 Å². The Hall–Kier alpha value is -3.91. The van der Waals surface area contributed by atoms with Crippen molar-refractivity contribution in [2.24, 2.45) is 23.7 Å². The number of aryl methyl sites for hydroxylation is 6. The van der Waals surface area contributed by atoms with Crippen LogP contribution in [-0.4, -0.2) is 41.5 Å². The van der Waals surface area contributed by atoms with Gasteiger partial charge in [-0.15, -0.1) is 0 Å². The number of aliphatic hydroxyl groups is 1. The molecular weight excluding hydrogens is 716 g/mol. The average molecular weight is 777 g/mol. The Kier molecular flexibility index (Phi) is 16.2. The fraction of sp³-hybridized carbons (Fsp3) is 0.565. The van der Waals surface area contributed by atoms with Crippen LogP contribution in [0.15, 0.2) is 35.8 Å². The predicted octanol–water partition coefficient (Wildman–Crippen LogP) is 11.6. The van der Waals surface area contributed by atoms with Gasteiger partial charge in [0.25, 0.3) is 0 Å². The molecule has 9 heteroatoms. The number of carbonyl (C=O) groups is 4. The molecule has 0 radical (unpaired) electrons. The van der Waals surface area contributed by atoms with Crippen molar-refractivity contribution < 1.29 is 38.5 Å². The van der Waals surface area contributed by atoms with Crippen molar-refractivity contribution in [3.8, 4) is 0 Å². The first kappa shape index (κ1) is 43.8.